The Balaban J connectivity index is 2.17. The molecule has 0 saturated carbocycles. The first kappa shape index (κ1) is 11.9. The number of carbonyl (C=O) groups excluding carboxylic acids is 1. The van der Waals surface area contributed by atoms with E-state index < -0.39 is 5.97 Å². The smallest absolute Gasteiger partial charge is 0.362 e. The highest BCUT2D eigenvalue weighted by Gasteiger charge is 2.18. The van der Waals surface area contributed by atoms with Crippen molar-refractivity contribution in [3.8, 4) is 17.4 Å². The number of hydrogen-bond donors (Lipinski definition) is 2. The zero-order valence-corrected chi connectivity index (χ0v) is 9.58. The second-order valence-electron chi connectivity index (χ2n) is 3.31. The standard InChI is InChI=1S/C11H11N3O4/c1-2-17-11(16)9-10(13-14-12-9)18-8-5-3-7(15)4-6-8/h3-6,15H,2H2,1H3,(H,12,13,14). The van der Waals surface area contributed by atoms with Gasteiger partial charge in [-0.25, -0.2) is 9.89 Å². The number of phenolic OH excluding ortho intramolecular Hbond substituents is 1. The summed E-state index contributed by atoms with van der Waals surface area (Å²) in [6, 6.07) is 6.00. The van der Waals surface area contributed by atoms with Crippen LogP contribution < -0.4 is 4.74 Å². The summed E-state index contributed by atoms with van der Waals surface area (Å²) in [6.07, 6.45) is 0. The number of aromatic amines is 1. The lowest BCUT2D eigenvalue weighted by atomic mass is 10.3. The zero-order valence-electron chi connectivity index (χ0n) is 9.58. The third kappa shape index (κ3) is 2.57. The van der Waals surface area contributed by atoms with E-state index in [1.807, 2.05) is 0 Å². The van der Waals surface area contributed by atoms with E-state index in [1.165, 1.54) is 12.1 Å². The number of hydrogen-bond acceptors (Lipinski definition) is 6. The van der Waals surface area contributed by atoms with Crippen molar-refractivity contribution in [1.29, 1.82) is 0 Å². The first-order valence-electron chi connectivity index (χ1n) is 5.25. The first-order valence-corrected chi connectivity index (χ1v) is 5.25. The number of esters is 1. The van der Waals surface area contributed by atoms with Gasteiger partial charge in [0, 0.05) is 0 Å². The molecule has 0 fully saturated rings. The van der Waals surface area contributed by atoms with Crippen LogP contribution in [0.25, 0.3) is 0 Å². The number of ether oxygens (including phenoxy) is 2. The summed E-state index contributed by atoms with van der Waals surface area (Å²) in [7, 11) is 0. The Morgan fingerprint density at radius 2 is 2.11 bits per heavy atom. The van der Waals surface area contributed by atoms with Gasteiger partial charge < -0.3 is 14.6 Å². The average Bonchev–Trinajstić information content (AvgIpc) is 2.81. The number of nitrogens with zero attached hydrogens (tertiary/aromatic N) is 2. The highest BCUT2D eigenvalue weighted by atomic mass is 16.5. The normalized spacial score (nSPS) is 10.1. The Labute approximate surface area is 102 Å². The van der Waals surface area contributed by atoms with Crippen LogP contribution in [0.1, 0.15) is 17.4 Å². The number of carbonyl (C=O) groups is 1. The molecule has 18 heavy (non-hydrogen) atoms. The molecule has 0 radical (unpaired) electrons. The molecule has 0 bridgehead atoms. The predicted octanol–water partition coefficient (Wildman–Crippen LogP) is 1.48. The first-order chi connectivity index (χ1) is 8.70. The summed E-state index contributed by atoms with van der Waals surface area (Å²) in [6.45, 7) is 1.94. The number of aromatic nitrogens is 3. The quantitative estimate of drug-likeness (QED) is 0.796. The maximum atomic E-state index is 11.5. The average molecular weight is 249 g/mol. The van der Waals surface area contributed by atoms with Crippen molar-refractivity contribution in [3.63, 3.8) is 0 Å². The Morgan fingerprint density at radius 3 is 2.78 bits per heavy atom. The Bertz CT molecular complexity index is 535. The minimum absolute atomic E-state index is 0.0270. The molecule has 1 aromatic carbocycles. The van der Waals surface area contributed by atoms with Crippen LogP contribution in [0.4, 0.5) is 0 Å². The molecule has 1 heterocycles. The van der Waals surface area contributed by atoms with Gasteiger partial charge in [-0.15, -0.1) is 0 Å². The van der Waals surface area contributed by atoms with Gasteiger partial charge in [-0.1, -0.05) is 10.3 Å². The van der Waals surface area contributed by atoms with Gasteiger partial charge >= 0.3 is 5.97 Å². The van der Waals surface area contributed by atoms with Crippen LogP contribution in [-0.2, 0) is 4.74 Å². The van der Waals surface area contributed by atoms with Crippen LogP contribution in [0.2, 0.25) is 0 Å². The van der Waals surface area contributed by atoms with Gasteiger partial charge in [-0.05, 0) is 31.2 Å². The highest BCUT2D eigenvalue weighted by molar-refractivity contribution is 5.89. The molecular formula is C11H11N3O4. The SMILES string of the molecule is CCOC(=O)c1[nH]nnc1Oc1ccc(O)cc1. The monoisotopic (exact) mass is 249 g/mol. The van der Waals surface area contributed by atoms with Gasteiger partial charge in [0.05, 0.1) is 6.61 Å². The molecule has 0 amide bonds. The lowest BCUT2D eigenvalue weighted by molar-refractivity contribution is 0.0516. The predicted molar refractivity (Wildman–Crippen MR) is 60.5 cm³/mol. The minimum Gasteiger partial charge on any atom is -0.508 e. The molecule has 94 valence electrons. The molecule has 1 aromatic heterocycles. The molecule has 2 rings (SSSR count). The van der Waals surface area contributed by atoms with Gasteiger partial charge in [-0.3, -0.25) is 0 Å². The van der Waals surface area contributed by atoms with Crippen LogP contribution in [-0.4, -0.2) is 33.1 Å². The molecule has 0 saturated heterocycles. The number of benzene rings is 1. The molecule has 2 N–H and O–H groups in total. The van der Waals surface area contributed by atoms with Crippen molar-refractivity contribution >= 4 is 5.97 Å². The molecule has 0 aliphatic heterocycles. The lowest BCUT2D eigenvalue weighted by Crippen LogP contribution is -2.06. The molecule has 2 aromatic rings. The van der Waals surface area contributed by atoms with Crippen molar-refractivity contribution in [1.82, 2.24) is 15.4 Å². The summed E-state index contributed by atoms with van der Waals surface area (Å²) >= 11 is 0. The van der Waals surface area contributed by atoms with Gasteiger partial charge in [0.1, 0.15) is 11.5 Å². The topological polar surface area (TPSA) is 97.3 Å². The third-order valence-electron chi connectivity index (χ3n) is 2.05. The van der Waals surface area contributed by atoms with Gasteiger partial charge in [0.15, 0.2) is 0 Å². The molecule has 0 aliphatic rings. The molecular weight excluding hydrogens is 238 g/mol. The maximum Gasteiger partial charge on any atom is 0.362 e. The summed E-state index contributed by atoms with van der Waals surface area (Å²) in [5.74, 6) is -0.0178. The van der Waals surface area contributed by atoms with Crippen LogP contribution in [0.5, 0.6) is 17.4 Å². The van der Waals surface area contributed by atoms with Gasteiger partial charge in [-0.2, -0.15) is 0 Å². The van der Waals surface area contributed by atoms with Crippen molar-refractivity contribution < 1.29 is 19.4 Å². The van der Waals surface area contributed by atoms with Crippen LogP contribution in [0.15, 0.2) is 24.3 Å². The van der Waals surface area contributed by atoms with E-state index >= 15 is 0 Å². The molecule has 0 unspecified atom stereocenters. The number of phenols is 1. The van der Waals surface area contributed by atoms with E-state index in [0.717, 1.165) is 0 Å². The summed E-state index contributed by atoms with van der Waals surface area (Å²) in [5.41, 5.74) is 0.0462. The molecule has 0 aliphatic carbocycles. The van der Waals surface area contributed by atoms with E-state index in [0.29, 0.717) is 5.75 Å². The third-order valence-corrected chi connectivity index (χ3v) is 2.05. The summed E-state index contributed by atoms with van der Waals surface area (Å²) in [4.78, 5) is 11.5. The molecule has 0 spiro atoms. The molecule has 7 nitrogen and oxygen atoms in total. The lowest BCUT2D eigenvalue weighted by Gasteiger charge is -2.04. The van der Waals surface area contributed by atoms with E-state index in [1.54, 1.807) is 19.1 Å². The fourth-order valence-corrected chi connectivity index (χ4v) is 1.25. The number of H-pyrrole nitrogens is 1. The molecule has 0 atom stereocenters. The fraction of sp³-hybridized carbons (Fsp3) is 0.182. The number of rotatable bonds is 4. The van der Waals surface area contributed by atoms with Crippen molar-refractivity contribution in [3.05, 3.63) is 30.0 Å². The van der Waals surface area contributed by atoms with Gasteiger partial charge in [0.2, 0.25) is 5.69 Å². The van der Waals surface area contributed by atoms with Crippen LogP contribution >= 0.6 is 0 Å². The Morgan fingerprint density at radius 1 is 1.39 bits per heavy atom. The number of aromatic hydroxyl groups is 1. The second kappa shape index (κ2) is 5.17. The summed E-state index contributed by atoms with van der Waals surface area (Å²) < 4.78 is 10.2. The Hall–Kier alpha value is -2.57. The van der Waals surface area contributed by atoms with E-state index in [-0.39, 0.29) is 23.9 Å². The van der Waals surface area contributed by atoms with Crippen molar-refractivity contribution in [2.24, 2.45) is 0 Å². The minimum atomic E-state index is -0.587. The van der Waals surface area contributed by atoms with Gasteiger partial charge in [0.25, 0.3) is 5.88 Å². The Kier molecular flexibility index (Phi) is 3.42. The van der Waals surface area contributed by atoms with Crippen molar-refractivity contribution in [2.75, 3.05) is 6.61 Å². The highest BCUT2D eigenvalue weighted by Crippen LogP contribution is 2.23. The summed E-state index contributed by atoms with van der Waals surface area (Å²) in [5, 5.41) is 18.7. The van der Waals surface area contributed by atoms with Crippen molar-refractivity contribution in [2.45, 2.75) is 6.92 Å². The van der Waals surface area contributed by atoms with E-state index in [4.69, 9.17) is 14.6 Å². The van der Waals surface area contributed by atoms with Crippen LogP contribution in [0, 0.1) is 0 Å². The maximum absolute atomic E-state index is 11.5. The zero-order chi connectivity index (χ0) is 13.0. The van der Waals surface area contributed by atoms with E-state index in [9.17, 15) is 4.79 Å². The fourth-order valence-electron chi connectivity index (χ4n) is 1.25. The van der Waals surface area contributed by atoms with E-state index in [2.05, 4.69) is 15.4 Å². The second-order valence-corrected chi connectivity index (χ2v) is 3.31. The van der Waals surface area contributed by atoms with Crippen LogP contribution in [0.3, 0.4) is 0 Å². The largest absolute Gasteiger partial charge is 0.508 e. The molecule has 7 heteroatoms. The number of nitrogens with one attached hydrogen (secondary N) is 1.